The molecule has 0 aromatic rings. The van der Waals surface area contributed by atoms with Gasteiger partial charge < -0.3 is 45.1 Å². The molecule has 496 valence electrons. The first-order chi connectivity index (χ1) is 41.7. The van der Waals surface area contributed by atoms with Crippen LogP contribution >= 0.6 is 0 Å². The summed E-state index contributed by atoms with van der Waals surface area (Å²) in [6.45, 7) is 5.79. The number of aliphatic hydroxyl groups excluding tert-OH is 5. The molecule has 0 radical (unpaired) electrons. The van der Waals surface area contributed by atoms with Crippen LogP contribution in [0.25, 0.3) is 0 Å². The number of rotatable bonds is 62. The van der Waals surface area contributed by atoms with Gasteiger partial charge in [0, 0.05) is 6.42 Å². The van der Waals surface area contributed by atoms with Gasteiger partial charge >= 0.3 is 5.97 Å². The SMILES string of the molecule is CCCCC/C=C\C/C=C\C/C=C\CCCCCCCCCCCCCC(O)C(=O)NC(COC1OC(CO)C(O)C(O)C1OC(=O)CCCCCCCCCCCCC/C=C/CCCCCCCC)C(O)/C=C/CCCCCCCCCCC. The lowest BCUT2D eigenvalue weighted by molar-refractivity contribution is -0.305. The van der Waals surface area contributed by atoms with E-state index >= 15 is 0 Å². The molecule has 1 fully saturated rings. The lowest BCUT2D eigenvalue weighted by Crippen LogP contribution is -2.61. The average Bonchev–Trinajstić information content (AvgIpc) is 3.69. The minimum absolute atomic E-state index is 0.124. The van der Waals surface area contributed by atoms with Gasteiger partial charge in [-0.25, -0.2) is 0 Å². The summed E-state index contributed by atoms with van der Waals surface area (Å²) in [6.07, 6.45) is 68.3. The van der Waals surface area contributed by atoms with Gasteiger partial charge in [0.1, 0.15) is 24.4 Å². The Morgan fingerprint density at radius 1 is 0.459 bits per heavy atom. The number of carbonyl (C=O) groups is 2. The van der Waals surface area contributed by atoms with Crippen LogP contribution in [-0.4, -0.2) is 99.6 Å². The fourth-order valence-electron chi connectivity index (χ4n) is 11.2. The van der Waals surface area contributed by atoms with E-state index in [9.17, 15) is 35.1 Å². The summed E-state index contributed by atoms with van der Waals surface area (Å²) >= 11 is 0. The molecule has 0 spiro atoms. The molecule has 1 aliphatic rings. The number of esters is 1. The van der Waals surface area contributed by atoms with Crippen molar-refractivity contribution < 1.29 is 49.3 Å². The van der Waals surface area contributed by atoms with E-state index in [0.29, 0.717) is 12.8 Å². The number of aliphatic hydroxyl groups is 5. The predicted molar refractivity (Wildman–Crippen MR) is 356 cm³/mol. The zero-order valence-electron chi connectivity index (χ0n) is 55.2. The van der Waals surface area contributed by atoms with Gasteiger partial charge in [-0.05, 0) is 89.9 Å². The molecule has 1 saturated heterocycles. The third kappa shape index (κ3) is 48.9. The van der Waals surface area contributed by atoms with Crippen molar-refractivity contribution in [2.75, 3.05) is 13.2 Å². The molecule has 8 atom stereocenters. The Morgan fingerprint density at radius 2 is 0.812 bits per heavy atom. The molecule has 8 unspecified atom stereocenters. The molecule has 11 nitrogen and oxygen atoms in total. The van der Waals surface area contributed by atoms with Crippen molar-refractivity contribution in [3.8, 4) is 0 Å². The van der Waals surface area contributed by atoms with E-state index in [1.165, 1.54) is 212 Å². The number of amides is 1. The number of hydrogen-bond donors (Lipinski definition) is 6. The lowest BCUT2D eigenvalue weighted by atomic mass is 9.99. The average molecular weight is 1200 g/mol. The van der Waals surface area contributed by atoms with Crippen LogP contribution in [-0.2, 0) is 23.8 Å². The van der Waals surface area contributed by atoms with Gasteiger partial charge in [0.05, 0.1) is 25.4 Å². The quantitative estimate of drug-likeness (QED) is 0.0195. The summed E-state index contributed by atoms with van der Waals surface area (Å²) in [6, 6.07) is -1.03. The molecular formula is C74H135NO10. The molecule has 1 heterocycles. The third-order valence-electron chi connectivity index (χ3n) is 16.9. The Labute approximate surface area is 522 Å². The maximum Gasteiger partial charge on any atom is 0.306 e. The molecule has 1 amide bonds. The maximum absolute atomic E-state index is 13.5. The summed E-state index contributed by atoms with van der Waals surface area (Å²) in [5, 5.41) is 57.2. The maximum atomic E-state index is 13.5. The largest absolute Gasteiger partial charge is 0.454 e. The summed E-state index contributed by atoms with van der Waals surface area (Å²) in [4.78, 5) is 26.7. The van der Waals surface area contributed by atoms with Crippen LogP contribution in [0.4, 0.5) is 0 Å². The lowest BCUT2D eigenvalue weighted by Gasteiger charge is -2.41. The molecule has 1 rings (SSSR count). The van der Waals surface area contributed by atoms with E-state index in [2.05, 4.69) is 74.7 Å². The van der Waals surface area contributed by atoms with Gasteiger partial charge in [0.2, 0.25) is 5.91 Å². The zero-order chi connectivity index (χ0) is 61.7. The van der Waals surface area contributed by atoms with Crippen molar-refractivity contribution in [2.45, 2.75) is 384 Å². The van der Waals surface area contributed by atoms with Crippen LogP contribution in [0.15, 0.2) is 60.8 Å². The Balaban J connectivity index is 2.55. The molecule has 1 aliphatic heterocycles. The number of carbonyl (C=O) groups excluding carboxylic acids is 2. The van der Waals surface area contributed by atoms with Crippen LogP contribution in [0, 0.1) is 0 Å². The number of nitrogens with one attached hydrogen (secondary N) is 1. The zero-order valence-corrected chi connectivity index (χ0v) is 55.2. The van der Waals surface area contributed by atoms with Crippen molar-refractivity contribution in [2.24, 2.45) is 0 Å². The van der Waals surface area contributed by atoms with Gasteiger partial charge in [0.15, 0.2) is 12.4 Å². The first-order valence-electron chi connectivity index (χ1n) is 36.1. The van der Waals surface area contributed by atoms with Crippen molar-refractivity contribution in [1.82, 2.24) is 5.32 Å². The summed E-state index contributed by atoms with van der Waals surface area (Å²) in [5.41, 5.74) is 0. The second kappa shape index (κ2) is 61.6. The highest BCUT2D eigenvalue weighted by Gasteiger charge is 2.47. The van der Waals surface area contributed by atoms with E-state index < -0.39 is 67.4 Å². The second-order valence-electron chi connectivity index (χ2n) is 25.0. The molecule has 11 heteroatoms. The standard InChI is InChI=1S/C74H135NO10/c1-4-7-10-13-16-19-22-24-26-28-30-32-33-34-36-37-39-41-43-46-49-52-55-58-61-67(78)73(82)75-65(66(77)60-57-54-51-48-45-21-18-15-12-9-6-3)64-83-74-72(71(81)70(80)68(63-76)84-74)85-69(79)62-59-56-53-50-47-44-42-40-38-35-31-29-27-25-23-20-17-14-11-8-5-2/h16,19,24-27,30,32,57,60,65-68,70-72,74,76-78,80-81H,4-15,17-18,20-23,28-29,31,33-56,58-59,61-64H2,1-3H3,(H,75,82)/b19-16-,26-24-,27-25+,32-30-,60-57+. The Hall–Kier alpha value is -2.64. The first kappa shape index (κ1) is 80.4. The molecule has 0 aromatic heterocycles. The Kier molecular flexibility index (Phi) is 58.2. The van der Waals surface area contributed by atoms with Gasteiger partial charge in [-0.2, -0.15) is 0 Å². The van der Waals surface area contributed by atoms with Crippen molar-refractivity contribution in [3.05, 3.63) is 60.8 Å². The second-order valence-corrected chi connectivity index (χ2v) is 25.0. The number of hydrogen-bond acceptors (Lipinski definition) is 10. The number of ether oxygens (including phenoxy) is 3. The summed E-state index contributed by atoms with van der Waals surface area (Å²) in [5.74, 6) is -1.19. The molecule has 6 N–H and O–H groups in total. The number of allylic oxidation sites excluding steroid dienone is 9. The van der Waals surface area contributed by atoms with Crippen molar-refractivity contribution in [1.29, 1.82) is 0 Å². The van der Waals surface area contributed by atoms with Gasteiger partial charge in [-0.15, -0.1) is 0 Å². The van der Waals surface area contributed by atoms with E-state index in [0.717, 1.165) is 77.0 Å². The topological polar surface area (TPSA) is 175 Å². The monoisotopic (exact) mass is 1200 g/mol. The van der Waals surface area contributed by atoms with Gasteiger partial charge in [0.25, 0.3) is 0 Å². The molecule has 85 heavy (non-hydrogen) atoms. The Morgan fingerprint density at radius 3 is 1.25 bits per heavy atom. The smallest absolute Gasteiger partial charge is 0.306 e. The van der Waals surface area contributed by atoms with Crippen molar-refractivity contribution >= 4 is 11.9 Å². The fourth-order valence-corrected chi connectivity index (χ4v) is 11.2. The molecule has 0 aliphatic carbocycles. The van der Waals surface area contributed by atoms with Crippen molar-refractivity contribution in [3.63, 3.8) is 0 Å². The van der Waals surface area contributed by atoms with E-state index in [-0.39, 0.29) is 19.4 Å². The Bertz CT molecular complexity index is 1620. The molecule has 0 bridgehead atoms. The van der Waals surface area contributed by atoms with Crippen LogP contribution in [0.5, 0.6) is 0 Å². The third-order valence-corrected chi connectivity index (χ3v) is 16.9. The predicted octanol–water partition coefficient (Wildman–Crippen LogP) is 18.5. The molecule has 0 saturated carbocycles. The first-order valence-corrected chi connectivity index (χ1v) is 36.1. The summed E-state index contributed by atoms with van der Waals surface area (Å²) < 4.78 is 17.7. The van der Waals surface area contributed by atoms with Crippen LogP contribution in [0.2, 0.25) is 0 Å². The van der Waals surface area contributed by atoms with Gasteiger partial charge in [-0.3, -0.25) is 9.59 Å². The normalized spacial score (nSPS) is 18.7. The van der Waals surface area contributed by atoms with Crippen LogP contribution < -0.4 is 5.32 Å². The highest BCUT2D eigenvalue weighted by molar-refractivity contribution is 5.80. The minimum Gasteiger partial charge on any atom is -0.454 e. The van der Waals surface area contributed by atoms with E-state index in [1.807, 2.05) is 6.08 Å². The highest BCUT2D eigenvalue weighted by Crippen LogP contribution is 2.26. The van der Waals surface area contributed by atoms with Crippen LogP contribution in [0.1, 0.15) is 335 Å². The van der Waals surface area contributed by atoms with E-state index in [1.54, 1.807) is 6.08 Å². The fraction of sp³-hybridized carbons (Fsp3) is 0.838. The molecular weight excluding hydrogens is 1060 g/mol. The minimum atomic E-state index is -1.61. The number of unbranched alkanes of at least 4 members (excludes halogenated alkanes) is 40. The highest BCUT2D eigenvalue weighted by atomic mass is 16.7. The van der Waals surface area contributed by atoms with Gasteiger partial charge in [-0.1, -0.05) is 300 Å². The van der Waals surface area contributed by atoms with Crippen LogP contribution in [0.3, 0.4) is 0 Å². The molecule has 0 aromatic carbocycles. The van der Waals surface area contributed by atoms with E-state index in [4.69, 9.17) is 14.2 Å². The summed E-state index contributed by atoms with van der Waals surface area (Å²) in [7, 11) is 0.